The van der Waals surface area contributed by atoms with Crippen molar-refractivity contribution in [1.82, 2.24) is 15.0 Å². The van der Waals surface area contributed by atoms with Gasteiger partial charge in [-0.3, -0.25) is 14.7 Å². The molecular formula is C26H23F3N6O. The fourth-order valence-corrected chi connectivity index (χ4v) is 4.79. The molecule has 7 nitrogen and oxygen atoms in total. The molecule has 1 aliphatic carbocycles. The Balaban J connectivity index is 1.66. The number of para-hydroxylation sites is 1. The topological polar surface area (TPSA) is 97.0 Å². The standard InChI is InChI=1S/C26H23F3N6O/c1-15(32-22-21-18(11-7-13-31-21)33-24(30)34-22)19-14-25(2)12-6-10-17(26(27,28)29)20(25)23(36)35(19)16-8-4-3-5-9-16/h3-11,13-15H,12H2,1-2H3,(H3,30,32,33,34)/t15-,25?/m0/s1. The van der Waals surface area contributed by atoms with Crippen molar-refractivity contribution in [2.75, 3.05) is 16.0 Å². The Morgan fingerprint density at radius 1 is 1.14 bits per heavy atom. The third kappa shape index (κ3) is 3.98. The molecule has 0 fully saturated rings. The molecule has 10 heteroatoms. The number of pyridine rings is 1. The van der Waals surface area contributed by atoms with Gasteiger partial charge in [-0.1, -0.05) is 43.4 Å². The first-order valence-corrected chi connectivity index (χ1v) is 11.3. The Morgan fingerprint density at radius 3 is 2.61 bits per heavy atom. The number of nitrogen functional groups attached to an aromatic ring is 1. The van der Waals surface area contributed by atoms with Crippen LogP contribution in [0.25, 0.3) is 11.0 Å². The summed E-state index contributed by atoms with van der Waals surface area (Å²) in [5.74, 6) is -0.307. The molecule has 1 unspecified atom stereocenters. The van der Waals surface area contributed by atoms with Gasteiger partial charge in [0.2, 0.25) is 5.95 Å². The molecule has 2 aromatic heterocycles. The predicted molar refractivity (Wildman–Crippen MR) is 132 cm³/mol. The van der Waals surface area contributed by atoms with Crippen molar-refractivity contribution in [2.24, 2.45) is 5.41 Å². The maximum Gasteiger partial charge on any atom is 0.416 e. The number of nitrogens with two attached hydrogens (primary N) is 1. The highest BCUT2D eigenvalue weighted by Gasteiger charge is 2.49. The number of carbonyl (C=O) groups excluding carboxylic acids is 1. The summed E-state index contributed by atoms with van der Waals surface area (Å²) < 4.78 is 41.9. The highest BCUT2D eigenvalue weighted by atomic mass is 19.4. The predicted octanol–water partition coefficient (Wildman–Crippen LogP) is 5.16. The van der Waals surface area contributed by atoms with Gasteiger partial charge in [0, 0.05) is 28.6 Å². The van der Waals surface area contributed by atoms with Crippen molar-refractivity contribution in [3.8, 4) is 0 Å². The molecule has 3 N–H and O–H groups in total. The molecule has 5 rings (SSSR count). The van der Waals surface area contributed by atoms with Crippen molar-refractivity contribution in [2.45, 2.75) is 32.5 Å². The number of nitrogens with zero attached hydrogens (tertiary/aromatic N) is 4. The highest BCUT2D eigenvalue weighted by Crippen LogP contribution is 2.49. The van der Waals surface area contributed by atoms with Gasteiger partial charge in [-0.25, -0.2) is 4.98 Å². The molecule has 1 aromatic carbocycles. The molecule has 0 saturated heterocycles. The number of amides is 1. The highest BCUT2D eigenvalue weighted by molar-refractivity contribution is 6.11. The summed E-state index contributed by atoms with van der Waals surface area (Å²) in [5.41, 5.74) is 5.54. The number of carbonyl (C=O) groups is 1. The van der Waals surface area contributed by atoms with Crippen LogP contribution >= 0.6 is 0 Å². The van der Waals surface area contributed by atoms with E-state index < -0.39 is 29.1 Å². The van der Waals surface area contributed by atoms with E-state index in [0.29, 0.717) is 28.2 Å². The average Bonchev–Trinajstić information content (AvgIpc) is 2.83. The van der Waals surface area contributed by atoms with Crippen LogP contribution in [0, 0.1) is 5.41 Å². The van der Waals surface area contributed by atoms with Gasteiger partial charge in [0.05, 0.1) is 17.1 Å². The normalized spacial score (nSPS) is 20.9. The lowest BCUT2D eigenvalue weighted by Crippen LogP contribution is -2.47. The number of rotatable bonds is 4. The number of hydrogen-bond donors (Lipinski definition) is 2. The summed E-state index contributed by atoms with van der Waals surface area (Å²) in [6.07, 6.45) is 1.40. The minimum atomic E-state index is -4.66. The molecule has 3 heterocycles. The lowest BCUT2D eigenvalue weighted by atomic mass is 9.70. The van der Waals surface area contributed by atoms with E-state index in [1.165, 1.54) is 11.0 Å². The molecule has 2 aliphatic rings. The Labute approximate surface area is 205 Å². The number of nitrogens with one attached hydrogen (secondary N) is 1. The van der Waals surface area contributed by atoms with E-state index in [-0.39, 0.29) is 17.9 Å². The molecule has 0 radical (unpaired) electrons. The number of benzene rings is 1. The number of hydrogen-bond acceptors (Lipinski definition) is 6. The van der Waals surface area contributed by atoms with Crippen molar-refractivity contribution >= 4 is 34.4 Å². The molecule has 2 atom stereocenters. The third-order valence-electron chi connectivity index (χ3n) is 6.40. The molecule has 1 amide bonds. The van der Waals surface area contributed by atoms with E-state index in [2.05, 4.69) is 20.3 Å². The van der Waals surface area contributed by atoms with Crippen LogP contribution in [0.5, 0.6) is 0 Å². The van der Waals surface area contributed by atoms with Gasteiger partial charge >= 0.3 is 6.18 Å². The number of alkyl halides is 3. The molecule has 1 aliphatic heterocycles. The fourth-order valence-electron chi connectivity index (χ4n) is 4.79. The monoisotopic (exact) mass is 492 g/mol. The number of aromatic nitrogens is 3. The second-order valence-electron chi connectivity index (χ2n) is 9.02. The number of anilines is 3. The van der Waals surface area contributed by atoms with Gasteiger partial charge in [-0.05, 0) is 37.6 Å². The van der Waals surface area contributed by atoms with Gasteiger partial charge in [0.25, 0.3) is 5.91 Å². The van der Waals surface area contributed by atoms with E-state index in [9.17, 15) is 18.0 Å². The van der Waals surface area contributed by atoms with Gasteiger partial charge in [-0.2, -0.15) is 18.2 Å². The molecule has 0 spiro atoms. The summed E-state index contributed by atoms with van der Waals surface area (Å²) in [6.45, 7) is 3.47. The lowest BCUT2D eigenvalue weighted by molar-refractivity contribution is -0.118. The first-order valence-electron chi connectivity index (χ1n) is 11.3. The van der Waals surface area contributed by atoms with Crippen molar-refractivity contribution in [3.63, 3.8) is 0 Å². The molecule has 184 valence electrons. The summed E-state index contributed by atoms with van der Waals surface area (Å²) in [7, 11) is 0. The quantitative estimate of drug-likeness (QED) is 0.522. The van der Waals surface area contributed by atoms with Crippen LogP contribution in [0.4, 0.5) is 30.6 Å². The smallest absolute Gasteiger partial charge is 0.368 e. The lowest BCUT2D eigenvalue weighted by Gasteiger charge is -2.43. The summed E-state index contributed by atoms with van der Waals surface area (Å²) in [5, 5.41) is 3.26. The van der Waals surface area contributed by atoms with E-state index in [1.807, 2.05) is 6.92 Å². The van der Waals surface area contributed by atoms with Gasteiger partial charge < -0.3 is 11.1 Å². The summed E-state index contributed by atoms with van der Waals surface area (Å²) >= 11 is 0. The van der Waals surface area contributed by atoms with Crippen molar-refractivity contribution in [3.05, 3.63) is 83.7 Å². The van der Waals surface area contributed by atoms with E-state index in [4.69, 9.17) is 5.73 Å². The van der Waals surface area contributed by atoms with Gasteiger partial charge in [0.1, 0.15) is 5.52 Å². The summed E-state index contributed by atoms with van der Waals surface area (Å²) in [4.78, 5) is 28.0. The molecule has 0 bridgehead atoms. The molecule has 0 saturated carbocycles. The number of fused-ring (bicyclic) bond motifs is 2. The largest absolute Gasteiger partial charge is 0.416 e. The first-order chi connectivity index (χ1) is 17.1. The Morgan fingerprint density at radius 2 is 1.89 bits per heavy atom. The average molecular weight is 493 g/mol. The molecule has 36 heavy (non-hydrogen) atoms. The zero-order valence-corrected chi connectivity index (χ0v) is 19.5. The summed E-state index contributed by atoms with van der Waals surface area (Å²) in [6, 6.07) is 11.5. The van der Waals surface area contributed by atoms with Crippen molar-refractivity contribution in [1.29, 1.82) is 0 Å². The van der Waals surface area contributed by atoms with Crippen LogP contribution in [0.2, 0.25) is 0 Å². The maximum atomic E-state index is 14.0. The minimum Gasteiger partial charge on any atom is -0.368 e. The Bertz CT molecular complexity index is 1450. The van der Waals surface area contributed by atoms with E-state index >= 15 is 0 Å². The van der Waals surface area contributed by atoms with Gasteiger partial charge in [0.15, 0.2) is 5.82 Å². The zero-order chi connectivity index (χ0) is 25.7. The first kappa shape index (κ1) is 23.5. The van der Waals surface area contributed by atoms with Crippen LogP contribution in [-0.2, 0) is 4.79 Å². The van der Waals surface area contributed by atoms with Crippen LogP contribution < -0.4 is 16.0 Å². The zero-order valence-electron chi connectivity index (χ0n) is 19.5. The number of allylic oxidation sites excluding steroid dienone is 4. The van der Waals surface area contributed by atoms with E-state index in [1.54, 1.807) is 61.7 Å². The van der Waals surface area contributed by atoms with Gasteiger partial charge in [-0.15, -0.1) is 0 Å². The fraction of sp³-hybridized carbons (Fsp3) is 0.231. The second kappa shape index (κ2) is 8.47. The molecule has 3 aromatic rings. The van der Waals surface area contributed by atoms with Crippen LogP contribution in [0.3, 0.4) is 0 Å². The minimum absolute atomic E-state index is 0.0447. The molecular weight excluding hydrogens is 469 g/mol. The Hall–Kier alpha value is -4.21. The third-order valence-corrected chi connectivity index (χ3v) is 6.40. The van der Waals surface area contributed by atoms with Crippen LogP contribution in [0.15, 0.2) is 83.7 Å². The van der Waals surface area contributed by atoms with Crippen LogP contribution in [0.1, 0.15) is 20.3 Å². The SMILES string of the molecule is C[C@H](Nc1nc(N)nc2cccnc12)C1=CC2(C)CC=CC(C(F)(F)F)=C2C(=O)N1c1ccccc1. The number of halogens is 3. The van der Waals surface area contributed by atoms with Crippen LogP contribution in [-0.4, -0.2) is 33.1 Å². The van der Waals surface area contributed by atoms with E-state index in [0.717, 1.165) is 6.08 Å². The second-order valence-corrected chi connectivity index (χ2v) is 9.02. The Kier molecular flexibility index (Phi) is 5.54. The maximum absolute atomic E-state index is 14.0. The van der Waals surface area contributed by atoms with Crippen molar-refractivity contribution < 1.29 is 18.0 Å².